The average Bonchev–Trinajstić information content (AvgIpc) is 3.03. The van der Waals surface area contributed by atoms with Gasteiger partial charge in [-0.05, 0) is 24.3 Å². The van der Waals surface area contributed by atoms with Gasteiger partial charge in [0.15, 0.2) is 6.61 Å². The van der Waals surface area contributed by atoms with Crippen molar-refractivity contribution < 1.29 is 13.9 Å². The van der Waals surface area contributed by atoms with Crippen molar-refractivity contribution in [3.8, 4) is 11.5 Å². The molecule has 6 nitrogen and oxygen atoms in total. The Balaban J connectivity index is 1.64. The van der Waals surface area contributed by atoms with Gasteiger partial charge in [0, 0.05) is 11.8 Å². The van der Waals surface area contributed by atoms with Gasteiger partial charge in [-0.15, -0.1) is 10.2 Å². The summed E-state index contributed by atoms with van der Waals surface area (Å²) in [7, 11) is 0. The number of ether oxygens (including phenoxy) is 1. The van der Waals surface area contributed by atoms with E-state index in [0.29, 0.717) is 5.89 Å². The number of hydrogen-bond acceptors (Lipinski definition) is 6. The van der Waals surface area contributed by atoms with Crippen LogP contribution in [0.4, 0.5) is 0 Å². The van der Waals surface area contributed by atoms with Crippen molar-refractivity contribution in [3.63, 3.8) is 0 Å². The average molecular weight is 281 g/mol. The standard InChI is InChI=1S/C15H11N3O3/c19-15(12-8-4-5-9-16-12)20-10-13-17-18-14(21-13)11-6-2-1-3-7-11/h1-9H,10H2. The van der Waals surface area contributed by atoms with Crippen molar-refractivity contribution in [1.82, 2.24) is 15.2 Å². The van der Waals surface area contributed by atoms with E-state index >= 15 is 0 Å². The highest BCUT2D eigenvalue weighted by Crippen LogP contribution is 2.17. The number of esters is 1. The van der Waals surface area contributed by atoms with E-state index in [9.17, 15) is 4.79 Å². The molecule has 0 radical (unpaired) electrons. The van der Waals surface area contributed by atoms with Gasteiger partial charge in [0.25, 0.3) is 5.89 Å². The van der Waals surface area contributed by atoms with Crippen LogP contribution in [0, 0.1) is 0 Å². The van der Waals surface area contributed by atoms with Crippen molar-refractivity contribution in [2.75, 3.05) is 0 Å². The second-order valence-electron chi connectivity index (χ2n) is 4.16. The molecule has 0 amide bonds. The van der Waals surface area contributed by atoms with Gasteiger partial charge in [-0.1, -0.05) is 24.3 Å². The van der Waals surface area contributed by atoms with E-state index in [4.69, 9.17) is 9.15 Å². The third kappa shape index (κ3) is 3.11. The first kappa shape index (κ1) is 13.0. The SMILES string of the molecule is O=C(OCc1nnc(-c2ccccc2)o1)c1ccccn1. The van der Waals surface area contributed by atoms with Crippen LogP contribution in [-0.2, 0) is 11.3 Å². The van der Waals surface area contributed by atoms with E-state index in [1.54, 1.807) is 18.2 Å². The van der Waals surface area contributed by atoms with Crippen LogP contribution in [0.2, 0.25) is 0 Å². The maximum atomic E-state index is 11.7. The highest BCUT2D eigenvalue weighted by Gasteiger charge is 2.12. The van der Waals surface area contributed by atoms with Crippen LogP contribution in [0.1, 0.15) is 16.4 Å². The maximum absolute atomic E-state index is 11.7. The summed E-state index contributed by atoms with van der Waals surface area (Å²) < 4.78 is 10.5. The van der Waals surface area contributed by atoms with Crippen LogP contribution >= 0.6 is 0 Å². The lowest BCUT2D eigenvalue weighted by Gasteiger charge is -2.00. The van der Waals surface area contributed by atoms with Gasteiger partial charge < -0.3 is 9.15 Å². The maximum Gasteiger partial charge on any atom is 0.357 e. The first-order valence-corrected chi connectivity index (χ1v) is 6.29. The fourth-order valence-electron chi connectivity index (χ4n) is 1.69. The summed E-state index contributed by atoms with van der Waals surface area (Å²) in [5.41, 5.74) is 1.05. The Morgan fingerprint density at radius 2 is 1.86 bits per heavy atom. The van der Waals surface area contributed by atoms with E-state index < -0.39 is 5.97 Å². The van der Waals surface area contributed by atoms with Crippen molar-refractivity contribution in [3.05, 3.63) is 66.3 Å². The molecule has 0 unspecified atom stereocenters. The molecule has 0 aliphatic rings. The van der Waals surface area contributed by atoms with Crippen LogP contribution in [-0.4, -0.2) is 21.2 Å². The number of rotatable bonds is 4. The molecule has 2 aromatic heterocycles. The normalized spacial score (nSPS) is 10.3. The zero-order chi connectivity index (χ0) is 14.5. The molecule has 3 rings (SSSR count). The summed E-state index contributed by atoms with van der Waals surface area (Å²) in [4.78, 5) is 15.6. The van der Waals surface area contributed by atoms with Gasteiger partial charge in [-0.25, -0.2) is 9.78 Å². The summed E-state index contributed by atoms with van der Waals surface area (Å²) in [6.45, 7) is -0.0881. The van der Waals surface area contributed by atoms with Gasteiger partial charge in [0.1, 0.15) is 5.69 Å². The molecule has 1 aromatic carbocycles. The Morgan fingerprint density at radius 1 is 1.05 bits per heavy atom. The number of carbonyl (C=O) groups is 1. The van der Waals surface area contributed by atoms with Gasteiger partial charge in [-0.3, -0.25) is 0 Å². The number of hydrogen-bond donors (Lipinski definition) is 0. The Hall–Kier alpha value is -3.02. The molecule has 3 aromatic rings. The Kier molecular flexibility index (Phi) is 3.68. The number of aromatic nitrogens is 3. The molecule has 0 fully saturated rings. The Bertz CT molecular complexity index is 726. The lowest BCUT2D eigenvalue weighted by Crippen LogP contribution is -2.07. The largest absolute Gasteiger partial charge is 0.451 e. The van der Waals surface area contributed by atoms with Crippen molar-refractivity contribution in [1.29, 1.82) is 0 Å². The molecule has 21 heavy (non-hydrogen) atoms. The molecule has 0 N–H and O–H groups in total. The van der Waals surface area contributed by atoms with Crippen molar-refractivity contribution >= 4 is 5.97 Å². The monoisotopic (exact) mass is 281 g/mol. The molecule has 2 heterocycles. The molecule has 0 spiro atoms. The third-order valence-corrected chi connectivity index (χ3v) is 2.69. The molecule has 0 saturated heterocycles. The number of pyridine rings is 1. The molecule has 0 saturated carbocycles. The van der Waals surface area contributed by atoms with Crippen molar-refractivity contribution in [2.45, 2.75) is 6.61 Å². The highest BCUT2D eigenvalue weighted by atomic mass is 16.5. The second kappa shape index (κ2) is 5.96. The minimum atomic E-state index is -0.532. The van der Waals surface area contributed by atoms with Crippen LogP contribution < -0.4 is 0 Å². The number of carbonyl (C=O) groups excluding carboxylic acids is 1. The number of nitrogens with zero attached hydrogens (tertiary/aromatic N) is 3. The minimum absolute atomic E-state index is 0.0881. The summed E-state index contributed by atoms with van der Waals surface area (Å²) in [5, 5.41) is 7.76. The van der Waals surface area contributed by atoms with Crippen molar-refractivity contribution in [2.24, 2.45) is 0 Å². The van der Waals surface area contributed by atoms with E-state index in [-0.39, 0.29) is 18.2 Å². The van der Waals surface area contributed by atoms with E-state index in [1.165, 1.54) is 6.20 Å². The van der Waals surface area contributed by atoms with E-state index in [0.717, 1.165) is 5.56 Å². The molecule has 0 aliphatic carbocycles. The third-order valence-electron chi connectivity index (χ3n) is 2.69. The molecular weight excluding hydrogens is 270 g/mol. The Labute approximate surface area is 120 Å². The fourth-order valence-corrected chi connectivity index (χ4v) is 1.69. The minimum Gasteiger partial charge on any atom is -0.451 e. The first-order chi connectivity index (χ1) is 10.3. The van der Waals surface area contributed by atoms with Gasteiger partial charge in [-0.2, -0.15) is 0 Å². The van der Waals surface area contributed by atoms with Crippen LogP contribution in [0.5, 0.6) is 0 Å². The predicted octanol–water partition coefficient (Wildman–Crippen LogP) is 2.49. The van der Waals surface area contributed by atoms with Crippen LogP contribution in [0.3, 0.4) is 0 Å². The molecule has 104 valence electrons. The van der Waals surface area contributed by atoms with E-state index in [1.807, 2.05) is 30.3 Å². The lowest BCUT2D eigenvalue weighted by molar-refractivity contribution is 0.0432. The molecule has 0 bridgehead atoms. The van der Waals surface area contributed by atoms with Crippen LogP contribution in [0.25, 0.3) is 11.5 Å². The first-order valence-electron chi connectivity index (χ1n) is 6.29. The zero-order valence-corrected chi connectivity index (χ0v) is 11.0. The predicted molar refractivity (Wildman–Crippen MR) is 73.1 cm³/mol. The highest BCUT2D eigenvalue weighted by molar-refractivity contribution is 5.86. The molecule has 0 atom stereocenters. The lowest BCUT2D eigenvalue weighted by atomic mass is 10.2. The molecular formula is C15H11N3O3. The Morgan fingerprint density at radius 3 is 2.62 bits per heavy atom. The molecule has 6 heteroatoms. The quantitative estimate of drug-likeness (QED) is 0.684. The fraction of sp³-hybridized carbons (Fsp3) is 0.0667. The summed E-state index contributed by atoms with van der Waals surface area (Å²) >= 11 is 0. The summed E-state index contributed by atoms with van der Waals surface area (Å²) in [6.07, 6.45) is 1.52. The smallest absolute Gasteiger partial charge is 0.357 e. The molecule has 0 aliphatic heterocycles. The zero-order valence-electron chi connectivity index (χ0n) is 11.0. The summed E-state index contributed by atoms with van der Waals surface area (Å²) in [6, 6.07) is 14.4. The van der Waals surface area contributed by atoms with Gasteiger partial charge in [0.2, 0.25) is 5.89 Å². The van der Waals surface area contributed by atoms with Gasteiger partial charge >= 0.3 is 5.97 Å². The van der Waals surface area contributed by atoms with E-state index in [2.05, 4.69) is 15.2 Å². The number of benzene rings is 1. The van der Waals surface area contributed by atoms with Crippen LogP contribution in [0.15, 0.2) is 59.1 Å². The summed E-state index contributed by atoms with van der Waals surface area (Å²) in [5.74, 6) is 0.0904. The topological polar surface area (TPSA) is 78.1 Å². The second-order valence-corrected chi connectivity index (χ2v) is 4.16. The van der Waals surface area contributed by atoms with Gasteiger partial charge in [0.05, 0.1) is 0 Å².